The number of ether oxygens (including phenoxy) is 2. The summed E-state index contributed by atoms with van der Waals surface area (Å²) in [6, 6.07) is 28.6. The molecular formula is C33H33N3O5. The highest BCUT2D eigenvalue weighted by atomic mass is 16.7. The lowest BCUT2D eigenvalue weighted by Crippen LogP contribution is -2.44. The number of likely N-dealkylation sites (tertiary alicyclic amines) is 1. The number of aromatic nitrogens is 1. The smallest absolute Gasteiger partial charge is 0.261 e. The third-order valence-corrected chi connectivity index (χ3v) is 8.10. The Bertz CT molecular complexity index is 1520. The van der Waals surface area contributed by atoms with Crippen LogP contribution < -0.4 is 20.3 Å². The van der Waals surface area contributed by atoms with Gasteiger partial charge in [0.05, 0.1) is 0 Å². The van der Waals surface area contributed by atoms with E-state index in [1.165, 1.54) is 0 Å². The van der Waals surface area contributed by atoms with Gasteiger partial charge in [0.1, 0.15) is 11.2 Å². The molecule has 2 aliphatic rings. The van der Waals surface area contributed by atoms with Gasteiger partial charge < -0.3 is 24.9 Å². The van der Waals surface area contributed by atoms with Crippen LogP contribution in [0.5, 0.6) is 11.5 Å². The summed E-state index contributed by atoms with van der Waals surface area (Å²) in [7, 11) is 0. The summed E-state index contributed by atoms with van der Waals surface area (Å²) in [6.07, 6.45) is 1.62. The number of aliphatic hydroxyl groups is 1. The normalized spacial score (nSPS) is 15.5. The molecule has 1 saturated heterocycles. The van der Waals surface area contributed by atoms with Crippen molar-refractivity contribution in [1.82, 2.24) is 15.2 Å². The number of hydrogen-bond acceptors (Lipinski definition) is 6. The van der Waals surface area contributed by atoms with Crippen molar-refractivity contribution in [1.29, 1.82) is 0 Å². The van der Waals surface area contributed by atoms with Gasteiger partial charge in [-0.2, -0.15) is 0 Å². The van der Waals surface area contributed by atoms with Crippen LogP contribution in [0.15, 0.2) is 95.8 Å². The number of amides is 1. The number of fused-ring (bicyclic) bond motifs is 1. The molecule has 3 heterocycles. The van der Waals surface area contributed by atoms with Crippen molar-refractivity contribution in [2.24, 2.45) is 5.92 Å². The zero-order valence-corrected chi connectivity index (χ0v) is 22.7. The Kier molecular flexibility index (Phi) is 7.59. The first-order chi connectivity index (χ1) is 20.0. The van der Waals surface area contributed by atoms with Crippen LogP contribution in [0, 0.1) is 5.92 Å². The van der Waals surface area contributed by atoms with Gasteiger partial charge in [-0.15, -0.1) is 0 Å². The average molecular weight is 552 g/mol. The number of benzene rings is 3. The highest BCUT2D eigenvalue weighted by Gasteiger charge is 2.41. The number of carbonyl (C=O) groups is 1. The van der Waals surface area contributed by atoms with Crippen LogP contribution in [-0.2, 0) is 18.7 Å². The van der Waals surface area contributed by atoms with Crippen molar-refractivity contribution in [3.8, 4) is 11.5 Å². The second-order valence-electron chi connectivity index (χ2n) is 10.6. The van der Waals surface area contributed by atoms with Crippen molar-refractivity contribution in [2.45, 2.75) is 31.5 Å². The quantitative estimate of drug-likeness (QED) is 0.304. The molecule has 8 heteroatoms. The Labute approximate surface area is 238 Å². The molecule has 0 atom stereocenters. The minimum absolute atomic E-state index is 0.0541. The Morgan fingerprint density at radius 1 is 0.902 bits per heavy atom. The highest BCUT2D eigenvalue weighted by Crippen LogP contribution is 2.42. The monoisotopic (exact) mass is 551 g/mol. The molecule has 6 rings (SSSR count). The lowest BCUT2D eigenvalue weighted by atomic mass is 9.72. The zero-order valence-electron chi connectivity index (χ0n) is 22.7. The van der Waals surface area contributed by atoms with Crippen LogP contribution >= 0.6 is 0 Å². The predicted molar refractivity (Wildman–Crippen MR) is 155 cm³/mol. The molecule has 0 radical (unpaired) electrons. The van der Waals surface area contributed by atoms with E-state index in [1.807, 2.05) is 72.8 Å². The molecular weight excluding hydrogens is 518 g/mol. The second kappa shape index (κ2) is 11.6. The molecule has 0 unspecified atom stereocenters. The maximum absolute atomic E-state index is 12.8. The fourth-order valence-electron chi connectivity index (χ4n) is 5.89. The largest absolute Gasteiger partial charge is 0.454 e. The molecule has 0 saturated carbocycles. The van der Waals surface area contributed by atoms with E-state index in [-0.39, 0.29) is 24.8 Å². The van der Waals surface area contributed by atoms with Crippen molar-refractivity contribution in [3.05, 3.63) is 129 Å². The van der Waals surface area contributed by atoms with Crippen LogP contribution in [0.2, 0.25) is 0 Å². The molecule has 41 heavy (non-hydrogen) atoms. The van der Waals surface area contributed by atoms with Crippen LogP contribution in [0.25, 0.3) is 0 Å². The number of H-pyrrole nitrogens is 1. The van der Waals surface area contributed by atoms with Gasteiger partial charge in [-0.3, -0.25) is 14.5 Å². The van der Waals surface area contributed by atoms with Crippen molar-refractivity contribution < 1.29 is 19.4 Å². The fourth-order valence-corrected chi connectivity index (χ4v) is 5.89. The number of pyridine rings is 1. The molecule has 2 aliphatic heterocycles. The molecule has 0 bridgehead atoms. The Morgan fingerprint density at radius 2 is 1.56 bits per heavy atom. The van der Waals surface area contributed by atoms with Crippen LogP contribution in [0.4, 0.5) is 0 Å². The summed E-state index contributed by atoms with van der Waals surface area (Å²) in [5, 5.41) is 14.9. The van der Waals surface area contributed by atoms with E-state index in [1.54, 1.807) is 18.2 Å². The van der Waals surface area contributed by atoms with E-state index in [4.69, 9.17) is 9.47 Å². The van der Waals surface area contributed by atoms with Gasteiger partial charge in [0, 0.05) is 18.8 Å². The first-order valence-electron chi connectivity index (χ1n) is 14.0. The molecule has 3 aromatic carbocycles. The summed E-state index contributed by atoms with van der Waals surface area (Å²) >= 11 is 0. The van der Waals surface area contributed by atoms with Gasteiger partial charge in [-0.1, -0.05) is 66.7 Å². The number of nitrogens with one attached hydrogen (secondary N) is 2. The standard InChI is InChI=1S/C33H33N3O5/c37-31(34-20-23-11-14-29-30(19-23)41-22-40-29)28-13-12-27(35-32(28)38)21-36-17-15-26(16-18-36)33(39,24-7-3-1-4-8-24)25-9-5-2-6-10-25/h1-14,19,26,39H,15-18,20-22H2,(H,34,37)(H,35,38). The van der Waals surface area contributed by atoms with E-state index in [0.29, 0.717) is 18.0 Å². The summed E-state index contributed by atoms with van der Waals surface area (Å²) in [5.74, 6) is 0.947. The van der Waals surface area contributed by atoms with Gasteiger partial charge in [-0.25, -0.2) is 0 Å². The lowest BCUT2D eigenvalue weighted by molar-refractivity contribution is -0.0154. The molecule has 210 valence electrons. The van der Waals surface area contributed by atoms with Crippen LogP contribution in [0.3, 0.4) is 0 Å². The maximum Gasteiger partial charge on any atom is 0.261 e. The molecule has 0 spiro atoms. The van der Waals surface area contributed by atoms with Gasteiger partial charge in [0.15, 0.2) is 11.5 Å². The second-order valence-corrected chi connectivity index (χ2v) is 10.6. The minimum atomic E-state index is -1.07. The topological polar surface area (TPSA) is 104 Å². The number of carbonyl (C=O) groups excluding carboxylic acids is 1. The Morgan fingerprint density at radius 3 is 2.22 bits per heavy atom. The molecule has 4 aromatic rings. The highest BCUT2D eigenvalue weighted by molar-refractivity contribution is 5.93. The number of hydrogen-bond donors (Lipinski definition) is 3. The first-order valence-corrected chi connectivity index (χ1v) is 14.0. The van der Waals surface area contributed by atoms with Crippen molar-refractivity contribution >= 4 is 5.91 Å². The first kappa shape index (κ1) is 26.8. The fraction of sp³-hybridized carbons (Fsp3) is 0.273. The van der Waals surface area contributed by atoms with E-state index in [0.717, 1.165) is 48.3 Å². The van der Waals surface area contributed by atoms with Crippen LogP contribution in [0.1, 0.15) is 45.6 Å². The number of rotatable bonds is 8. The van der Waals surface area contributed by atoms with Crippen molar-refractivity contribution in [3.63, 3.8) is 0 Å². The molecule has 8 nitrogen and oxygen atoms in total. The van der Waals surface area contributed by atoms with Gasteiger partial charge in [-0.05, 0) is 72.8 Å². The summed E-state index contributed by atoms with van der Waals surface area (Å²) < 4.78 is 10.7. The lowest BCUT2D eigenvalue weighted by Gasteiger charge is -2.42. The van der Waals surface area contributed by atoms with E-state index >= 15 is 0 Å². The maximum atomic E-state index is 12.8. The van der Waals surface area contributed by atoms with E-state index in [2.05, 4.69) is 15.2 Å². The average Bonchev–Trinajstić information content (AvgIpc) is 3.49. The summed E-state index contributed by atoms with van der Waals surface area (Å²) in [5.41, 5.74) is 2.00. The van der Waals surface area contributed by atoms with Crippen LogP contribution in [-0.4, -0.2) is 40.8 Å². The third kappa shape index (κ3) is 5.62. The molecule has 3 N–H and O–H groups in total. The third-order valence-electron chi connectivity index (χ3n) is 8.10. The SMILES string of the molecule is O=C(NCc1ccc2c(c1)OCO2)c1ccc(CN2CCC(C(O)(c3ccccc3)c3ccccc3)CC2)[nH]c1=O. The minimum Gasteiger partial charge on any atom is -0.454 e. The molecule has 1 aromatic heterocycles. The number of piperidine rings is 1. The Hall–Kier alpha value is -4.40. The van der Waals surface area contributed by atoms with Gasteiger partial charge in [0.25, 0.3) is 11.5 Å². The van der Waals surface area contributed by atoms with Gasteiger partial charge >= 0.3 is 0 Å². The summed E-state index contributed by atoms with van der Waals surface area (Å²) in [4.78, 5) is 30.7. The van der Waals surface area contributed by atoms with E-state index in [9.17, 15) is 14.7 Å². The molecule has 1 fully saturated rings. The van der Waals surface area contributed by atoms with E-state index < -0.39 is 17.1 Å². The van der Waals surface area contributed by atoms with Crippen molar-refractivity contribution in [2.75, 3.05) is 19.9 Å². The molecule has 0 aliphatic carbocycles. The Balaban J connectivity index is 1.07. The van der Waals surface area contributed by atoms with Gasteiger partial charge in [0.2, 0.25) is 6.79 Å². The number of aromatic amines is 1. The summed E-state index contributed by atoms with van der Waals surface area (Å²) in [6.45, 7) is 2.59. The molecule has 1 amide bonds. The predicted octanol–water partition coefficient (Wildman–Crippen LogP) is 4.18. The zero-order chi connectivity index (χ0) is 28.2. The number of nitrogens with zero attached hydrogens (tertiary/aromatic N) is 1.